The Morgan fingerprint density at radius 3 is 1.51 bits per heavy atom. The molecule has 11 aromatic carbocycles. The normalized spacial score (nSPS) is 13.7. The summed E-state index contributed by atoms with van der Waals surface area (Å²) >= 11 is 0. The molecule has 0 radical (unpaired) electrons. The Morgan fingerprint density at radius 2 is 0.904 bits per heavy atom. The van der Waals surface area contributed by atoms with Gasteiger partial charge in [0.05, 0.1) is 12.3 Å². The van der Waals surface area contributed by atoms with E-state index < -0.39 is 0 Å². The molecule has 0 spiro atoms. The van der Waals surface area contributed by atoms with Crippen LogP contribution in [0.4, 0.5) is 0 Å². The van der Waals surface area contributed by atoms with Crippen molar-refractivity contribution in [3.05, 3.63) is 306 Å². The van der Waals surface area contributed by atoms with Crippen molar-refractivity contribution < 1.29 is 0 Å². The Hall–Kier alpha value is -9.51. The maximum atomic E-state index is 5.21. The van der Waals surface area contributed by atoms with Gasteiger partial charge in [0.25, 0.3) is 0 Å². The lowest BCUT2D eigenvalue weighted by Gasteiger charge is -2.25. The van der Waals surface area contributed by atoms with Crippen LogP contribution in [0.2, 0.25) is 0 Å². The van der Waals surface area contributed by atoms with Crippen LogP contribution >= 0.6 is 0 Å². The standard InChI is InChI=1S/C69H50N4/c1-5-15-48(16-6-1)46-70-68(56-19-9-3-10-20-56)71-47-49-27-29-52(30-28-49)58-39-41-62-60(43-58)23-13-25-64(62)65-26-14-24-61-44-59(40-42-63(61)65)53-33-37-55(38-34-53)67-45-66(72-69(73-67)57-21-11-4-12-22-57)54-35-31-51(32-36-54)50-17-7-2-8-18-50/h1-45,47,69,73H,46H2/b70-68-,71-47+. The van der Waals surface area contributed by atoms with Crippen molar-refractivity contribution in [3.8, 4) is 44.5 Å². The highest BCUT2D eigenvalue weighted by atomic mass is 15.1. The summed E-state index contributed by atoms with van der Waals surface area (Å²) in [7, 11) is 0. The second kappa shape index (κ2) is 20.4. The molecule has 1 heterocycles. The Kier molecular flexibility index (Phi) is 12.5. The fourth-order valence-electron chi connectivity index (χ4n) is 9.80. The summed E-state index contributed by atoms with van der Waals surface area (Å²) in [5, 5.41) is 8.60. The van der Waals surface area contributed by atoms with Gasteiger partial charge in [-0.3, -0.25) is 9.98 Å². The molecule has 0 saturated heterocycles. The molecule has 1 aliphatic rings. The van der Waals surface area contributed by atoms with Gasteiger partial charge in [0, 0.05) is 17.5 Å². The molecule has 1 N–H and O–H groups in total. The number of benzene rings is 11. The third kappa shape index (κ3) is 9.83. The average Bonchev–Trinajstić information content (AvgIpc) is 3.47. The minimum Gasteiger partial charge on any atom is -0.360 e. The highest BCUT2D eigenvalue weighted by Crippen LogP contribution is 2.38. The molecule has 346 valence electrons. The van der Waals surface area contributed by atoms with Gasteiger partial charge in [-0.2, -0.15) is 0 Å². The third-order valence-electron chi connectivity index (χ3n) is 13.7. The quantitative estimate of drug-likeness (QED) is 0.102. The first-order valence-corrected chi connectivity index (χ1v) is 24.9. The Morgan fingerprint density at radius 1 is 0.425 bits per heavy atom. The van der Waals surface area contributed by atoms with E-state index in [1.54, 1.807) is 0 Å². The number of amidine groups is 1. The molecule has 73 heavy (non-hydrogen) atoms. The number of nitrogens with zero attached hydrogens (tertiary/aromatic N) is 3. The molecular formula is C69H50N4. The van der Waals surface area contributed by atoms with Crippen molar-refractivity contribution in [1.29, 1.82) is 0 Å². The van der Waals surface area contributed by atoms with Crippen LogP contribution in [0.15, 0.2) is 288 Å². The van der Waals surface area contributed by atoms with Gasteiger partial charge in [-0.05, 0) is 112 Å². The van der Waals surface area contributed by atoms with E-state index in [1.165, 1.54) is 60.5 Å². The third-order valence-corrected chi connectivity index (χ3v) is 13.7. The summed E-state index contributed by atoms with van der Waals surface area (Å²) in [6, 6.07) is 94.6. The summed E-state index contributed by atoms with van der Waals surface area (Å²) in [4.78, 5) is 15.0. The Labute approximate surface area is 426 Å². The number of aliphatic imine (C=N–C) groups is 3. The summed E-state index contributed by atoms with van der Waals surface area (Å²) in [5.41, 5.74) is 18.0. The molecular weight excluding hydrogens is 885 g/mol. The maximum absolute atomic E-state index is 5.21. The molecule has 4 heteroatoms. The van der Waals surface area contributed by atoms with Crippen LogP contribution in [0.3, 0.4) is 0 Å². The summed E-state index contributed by atoms with van der Waals surface area (Å²) in [6.07, 6.45) is 3.88. The van der Waals surface area contributed by atoms with E-state index in [-0.39, 0.29) is 6.17 Å². The van der Waals surface area contributed by atoms with Crippen molar-refractivity contribution >= 4 is 45.0 Å². The molecule has 1 atom stereocenters. The first kappa shape index (κ1) is 44.7. The predicted molar refractivity (Wildman–Crippen MR) is 307 cm³/mol. The maximum Gasteiger partial charge on any atom is 0.154 e. The van der Waals surface area contributed by atoms with E-state index in [4.69, 9.17) is 15.0 Å². The summed E-state index contributed by atoms with van der Waals surface area (Å²) < 4.78 is 0. The SMILES string of the molecule is C1=C(c2ccc(-c3ccc4c(-c5cccc6cc(-c7ccc(/C=N/C(=N\Cc8ccccc8)c8ccccc8)cc7)ccc56)cccc4c3)cc2)NC(c2ccccc2)N=C1c1ccc(-c2ccccc2)cc1. The van der Waals surface area contributed by atoms with E-state index in [9.17, 15) is 0 Å². The van der Waals surface area contributed by atoms with E-state index >= 15 is 0 Å². The number of hydrogen-bond donors (Lipinski definition) is 1. The molecule has 4 nitrogen and oxygen atoms in total. The van der Waals surface area contributed by atoms with Crippen molar-refractivity contribution in [2.24, 2.45) is 15.0 Å². The zero-order valence-electron chi connectivity index (χ0n) is 40.2. The zero-order valence-corrected chi connectivity index (χ0v) is 40.2. The molecule has 0 fully saturated rings. The molecule has 12 rings (SSSR count). The lowest BCUT2D eigenvalue weighted by atomic mass is 9.91. The molecule has 0 aliphatic carbocycles. The van der Waals surface area contributed by atoms with Gasteiger partial charge < -0.3 is 5.32 Å². The zero-order chi connectivity index (χ0) is 48.8. The molecule has 0 amide bonds. The fraction of sp³-hybridized carbons (Fsp3) is 0.0290. The Balaban J connectivity index is 0.779. The number of hydrogen-bond acceptors (Lipinski definition) is 3. The summed E-state index contributed by atoms with van der Waals surface area (Å²) in [5.74, 6) is 0.715. The van der Waals surface area contributed by atoms with Crippen molar-refractivity contribution in [2.75, 3.05) is 0 Å². The topological polar surface area (TPSA) is 49.1 Å². The number of allylic oxidation sites excluding steroid dienone is 1. The largest absolute Gasteiger partial charge is 0.360 e. The minimum atomic E-state index is -0.210. The van der Waals surface area contributed by atoms with Gasteiger partial charge in [-0.1, -0.05) is 255 Å². The fourth-order valence-corrected chi connectivity index (χ4v) is 9.80. The van der Waals surface area contributed by atoms with Crippen LogP contribution in [0.5, 0.6) is 0 Å². The molecule has 0 bridgehead atoms. The van der Waals surface area contributed by atoms with Gasteiger partial charge >= 0.3 is 0 Å². The molecule has 0 aromatic heterocycles. The second-order valence-corrected chi connectivity index (χ2v) is 18.4. The van der Waals surface area contributed by atoms with Gasteiger partial charge in [0.15, 0.2) is 5.84 Å². The van der Waals surface area contributed by atoms with Crippen molar-refractivity contribution in [2.45, 2.75) is 12.7 Å². The summed E-state index contributed by atoms with van der Waals surface area (Å²) in [6.45, 7) is 0.571. The highest BCUT2D eigenvalue weighted by molar-refractivity contribution is 6.13. The lowest BCUT2D eigenvalue weighted by molar-refractivity contribution is 0.664. The van der Waals surface area contributed by atoms with Gasteiger partial charge in [0.1, 0.15) is 6.17 Å². The molecule has 1 aliphatic heterocycles. The van der Waals surface area contributed by atoms with Gasteiger partial charge in [-0.25, -0.2) is 4.99 Å². The van der Waals surface area contributed by atoms with Gasteiger partial charge in [0.2, 0.25) is 0 Å². The predicted octanol–water partition coefficient (Wildman–Crippen LogP) is 16.9. The van der Waals surface area contributed by atoms with Crippen LogP contribution in [-0.4, -0.2) is 17.8 Å². The van der Waals surface area contributed by atoms with Crippen molar-refractivity contribution in [1.82, 2.24) is 5.32 Å². The van der Waals surface area contributed by atoms with Crippen LogP contribution < -0.4 is 5.32 Å². The smallest absolute Gasteiger partial charge is 0.154 e. The first-order valence-electron chi connectivity index (χ1n) is 24.9. The average molecular weight is 935 g/mol. The molecule has 11 aromatic rings. The van der Waals surface area contributed by atoms with E-state index in [0.717, 1.165) is 50.4 Å². The number of rotatable bonds is 11. The highest BCUT2D eigenvalue weighted by Gasteiger charge is 2.20. The van der Waals surface area contributed by atoms with E-state index in [0.29, 0.717) is 12.4 Å². The first-order chi connectivity index (χ1) is 36.1. The number of nitrogens with one attached hydrogen (secondary N) is 1. The van der Waals surface area contributed by atoms with Crippen LogP contribution in [0.25, 0.3) is 71.7 Å². The Bertz CT molecular complexity index is 3840. The van der Waals surface area contributed by atoms with E-state index in [1.807, 2.05) is 48.7 Å². The number of fused-ring (bicyclic) bond motifs is 2. The van der Waals surface area contributed by atoms with Crippen LogP contribution in [0, 0.1) is 0 Å². The van der Waals surface area contributed by atoms with Crippen molar-refractivity contribution in [3.63, 3.8) is 0 Å². The molecule has 1 unspecified atom stereocenters. The van der Waals surface area contributed by atoms with Crippen LogP contribution in [-0.2, 0) is 6.54 Å². The van der Waals surface area contributed by atoms with Gasteiger partial charge in [-0.15, -0.1) is 0 Å². The minimum absolute atomic E-state index is 0.210. The monoisotopic (exact) mass is 934 g/mol. The lowest BCUT2D eigenvalue weighted by Crippen LogP contribution is -2.24. The van der Waals surface area contributed by atoms with E-state index in [2.05, 4.69) is 236 Å². The van der Waals surface area contributed by atoms with Crippen LogP contribution in [0.1, 0.15) is 39.5 Å². The second-order valence-electron chi connectivity index (χ2n) is 18.4. The molecule has 0 saturated carbocycles.